The minimum Gasteiger partial charge on any atom is -0.207 e. The second-order valence-corrected chi connectivity index (χ2v) is 8.35. The van der Waals surface area contributed by atoms with E-state index in [0.717, 1.165) is 37.7 Å². The maximum absolute atomic E-state index is 12.8. The summed E-state index contributed by atoms with van der Waals surface area (Å²) in [4.78, 5) is 0.403. The van der Waals surface area contributed by atoms with Gasteiger partial charge in [0.05, 0.1) is 4.90 Å². The van der Waals surface area contributed by atoms with Gasteiger partial charge in [-0.1, -0.05) is 36.4 Å². The molecule has 0 saturated heterocycles. The zero-order valence-electron chi connectivity index (χ0n) is 13.0. The van der Waals surface area contributed by atoms with Crippen molar-refractivity contribution in [1.82, 2.24) is 4.72 Å². The molecule has 1 N–H and O–H groups in total. The Bertz CT molecular complexity index is 811. The highest BCUT2D eigenvalue weighted by atomic mass is 32.2. The van der Waals surface area contributed by atoms with Crippen molar-refractivity contribution >= 4 is 10.0 Å². The van der Waals surface area contributed by atoms with Crippen molar-refractivity contribution in [3.05, 3.63) is 65.2 Å². The Kier molecular flexibility index (Phi) is 3.74. The number of fused-ring (bicyclic) bond motifs is 1. The van der Waals surface area contributed by atoms with Crippen LogP contribution in [-0.4, -0.2) is 8.42 Å². The largest absolute Gasteiger partial charge is 0.241 e. The summed E-state index contributed by atoms with van der Waals surface area (Å²) in [6, 6.07) is 15.4. The highest BCUT2D eigenvalue weighted by Gasteiger charge is 2.35. The summed E-state index contributed by atoms with van der Waals surface area (Å²) in [7, 11) is -3.48. The first-order chi connectivity index (χ1) is 11.1. The summed E-state index contributed by atoms with van der Waals surface area (Å²) in [5, 5.41) is 0. The summed E-state index contributed by atoms with van der Waals surface area (Å²) in [6.07, 6.45) is 5.36. The molecule has 1 saturated carbocycles. The summed E-state index contributed by atoms with van der Waals surface area (Å²) in [6.45, 7) is 0. The van der Waals surface area contributed by atoms with Gasteiger partial charge in [-0.25, -0.2) is 13.1 Å². The lowest BCUT2D eigenvalue weighted by Crippen LogP contribution is -2.30. The molecule has 2 aromatic rings. The van der Waals surface area contributed by atoms with Crippen LogP contribution in [0.4, 0.5) is 0 Å². The Balaban J connectivity index is 1.63. The first kappa shape index (κ1) is 14.9. The molecule has 2 aromatic carbocycles. The first-order valence-corrected chi connectivity index (χ1v) is 9.81. The number of hydrogen-bond donors (Lipinski definition) is 1. The van der Waals surface area contributed by atoms with Crippen LogP contribution in [0.1, 0.15) is 42.0 Å². The SMILES string of the molecule is O=S(=O)(NC(c1ccccc1)C1CC1)c1ccc2c(c1)CCC2. The molecule has 0 bridgehead atoms. The minimum absolute atomic E-state index is 0.116. The van der Waals surface area contributed by atoms with Gasteiger partial charge < -0.3 is 0 Å². The normalized spacial score (nSPS) is 18.6. The van der Waals surface area contributed by atoms with Crippen molar-refractivity contribution in [3.63, 3.8) is 0 Å². The Morgan fingerprint density at radius 1 is 0.957 bits per heavy atom. The Morgan fingerprint density at radius 2 is 1.70 bits per heavy atom. The van der Waals surface area contributed by atoms with Crippen LogP contribution in [0.15, 0.2) is 53.4 Å². The third-order valence-corrected chi connectivity index (χ3v) is 6.35. The topological polar surface area (TPSA) is 46.2 Å². The van der Waals surface area contributed by atoms with Gasteiger partial charge in [0.15, 0.2) is 0 Å². The van der Waals surface area contributed by atoms with E-state index in [-0.39, 0.29) is 6.04 Å². The van der Waals surface area contributed by atoms with Crippen LogP contribution in [0.5, 0.6) is 0 Å². The fraction of sp³-hybridized carbons (Fsp3) is 0.368. The molecule has 4 heteroatoms. The monoisotopic (exact) mass is 327 g/mol. The lowest BCUT2D eigenvalue weighted by atomic mass is 10.0. The molecule has 23 heavy (non-hydrogen) atoms. The molecule has 1 atom stereocenters. The lowest BCUT2D eigenvalue weighted by molar-refractivity contribution is 0.529. The standard InChI is InChI=1S/C19H21NO2S/c21-23(22,18-12-11-14-7-4-8-17(14)13-18)20-19(16-9-10-16)15-5-2-1-3-6-15/h1-3,5-6,11-13,16,19-20H,4,7-10H2. The average Bonchev–Trinajstić information content (AvgIpc) is 3.30. The highest BCUT2D eigenvalue weighted by molar-refractivity contribution is 7.89. The molecule has 0 heterocycles. The fourth-order valence-corrected chi connectivity index (χ4v) is 4.82. The highest BCUT2D eigenvalue weighted by Crippen LogP contribution is 2.41. The van der Waals surface area contributed by atoms with E-state index in [2.05, 4.69) is 4.72 Å². The molecule has 0 aliphatic heterocycles. The van der Waals surface area contributed by atoms with Gasteiger partial charge in [0.1, 0.15) is 0 Å². The second-order valence-electron chi connectivity index (χ2n) is 6.63. The van der Waals surface area contributed by atoms with Gasteiger partial charge in [-0.3, -0.25) is 0 Å². The summed E-state index contributed by atoms with van der Waals surface area (Å²) >= 11 is 0. The molecule has 1 fully saturated rings. The van der Waals surface area contributed by atoms with Crippen molar-refractivity contribution < 1.29 is 8.42 Å². The fourth-order valence-electron chi connectivity index (χ4n) is 3.48. The van der Waals surface area contributed by atoms with Gasteiger partial charge >= 0.3 is 0 Å². The van der Waals surface area contributed by atoms with Crippen LogP contribution in [0.25, 0.3) is 0 Å². The molecule has 0 radical (unpaired) electrons. The van der Waals surface area contributed by atoms with E-state index in [1.165, 1.54) is 11.1 Å². The molecular formula is C19H21NO2S. The Labute approximate surface area is 137 Å². The summed E-state index contributed by atoms with van der Waals surface area (Å²) in [5.74, 6) is 0.418. The summed E-state index contributed by atoms with van der Waals surface area (Å²) in [5.41, 5.74) is 3.54. The Hall–Kier alpha value is -1.65. The van der Waals surface area contributed by atoms with Crippen LogP contribution in [-0.2, 0) is 22.9 Å². The zero-order valence-corrected chi connectivity index (χ0v) is 13.9. The van der Waals surface area contributed by atoms with E-state index >= 15 is 0 Å². The van der Waals surface area contributed by atoms with Gasteiger partial charge in [-0.15, -0.1) is 0 Å². The van der Waals surface area contributed by atoms with Crippen LogP contribution in [0.3, 0.4) is 0 Å². The van der Waals surface area contributed by atoms with E-state index in [4.69, 9.17) is 0 Å². The number of nitrogens with one attached hydrogen (secondary N) is 1. The molecule has 120 valence electrons. The number of benzene rings is 2. The second kappa shape index (κ2) is 5.77. The number of sulfonamides is 1. The third kappa shape index (κ3) is 3.06. The van der Waals surface area contributed by atoms with E-state index in [9.17, 15) is 8.42 Å². The number of hydrogen-bond acceptors (Lipinski definition) is 2. The predicted octanol–water partition coefficient (Wildman–Crippen LogP) is 3.60. The number of rotatable bonds is 5. The minimum atomic E-state index is -3.48. The predicted molar refractivity (Wildman–Crippen MR) is 90.7 cm³/mol. The van der Waals surface area contributed by atoms with Gasteiger partial charge in [0.2, 0.25) is 10.0 Å². The van der Waals surface area contributed by atoms with Gasteiger partial charge in [0.25, 0.3) is 0 Å². The molecule has 3 nitrogen and oxygen atoms in total. The smallest absolute Gasteiger partial charge is 0.207 e. The van der Waals surface area contributed by atoms with Gasteiger partial charge in [-0.2, -0.15) is 0 Å². The maximum Gasteiger partial charge on any atom is 0.241 e. The molecular weight excluding hydrogens is 306 g/mol. The molecule has 0 spiro atoms. The van der Waals surface area contributed by atoms with E-state index in [0.29, 0.717) is 10.8 Å². The van der Waals surface area contributed by atoms with E-state index in [1.54, 1.807) is 6.07 Å². The quantitative estimate of drug-likeness (QED) is 0.912. The number of aryl methyl sites for hydroxylation is 2. The molecule has 4 rings (SSSR count). The van der Waals surface area contributed by atoms with Crippen LogP contribution >= 0.6 is 0 Å². The third-order valence-electron chi connectivity index (χ3n) is 4.91. The van der Waals surface area contributed by atoms with Gasteiger partial charge in [0, 0.05) is 6.04 Å². The van der Waals surface area contributed by atoms with Crippen LogP contribution in [0, 0.1) is 5.92 Å². The molecule has 0 aromatic heterocycles. The van der Waals surface area contributed by atoms with Crippen molar-refractivity contribution in [2.45, 2.75) is 43.0 Å². The molecule has 0 amide bonds. The van der Waals surface area contributed by atoms with Crippen LogP contribution in [0.2, 0.25) is 0 Å². The average molecular weight is 327 g/mol. The molecule has 1 unspecified atom stereocenters. The van der Waals surface area contributed by atoms with Crippen molar-refractivity contribution in [2.75, 3.05) is 0 Å². The zero-order chi connectivity index (χ0) is 15.9. The van der Waals surface area contributed by atoms with E-state index in [1.807, 2.05) is 42.5 Å². The van der Waals surface area contributed by atoms with Crippen molar-refractivity contribution in [1.29, 1.82) is 0 Å². The lowest BCUT2D eigenvalue weighted by Gasteiger charge is -2.19. The molecule has 2 aliphatic rings. The first-order valence-electron chi connectivity index (χ1n) is 8.32. The van der Waals surface area contributed by atoms with E-state index < -0.39 is 10.0 Å². The van der Waals surface area contributed by atoms with Gasteiger partial charge in [-0.05, 0) is 66.8 Å². The van der Waals surface area contributed by atoms with Crippen LogP contribution < -0.4 is 4.72 Å². The maximum atomic E-state index is 12.8. The van der Waals surface area contributed by atoms with Crippen molar-refractivity contribution in [2.24, 2.45) is 5.92 Å². The Morgan fingerprint density at radius 3 is 2.43 bits per heavy atom. The van der Waals surface area contributed by atoms with Crippen molar-refractivity contribution in [3.8, 4) is 0 Å². The molecule has 2 aliphatic carbocycles. The summed E-state index contributed by atoms with van der Waals surface area (Å²) < 4.78 is 28.6.